The zero-order valence-electron chi connectivity index (χ0n) is 9.14. The van der Waals surface area contributed by atoms with Gasteiger partial charge in [-0.2, -0.15) is 0 Å². The van der Waals surface area contributed by atoms with Crippen LogP contribution < -0.4 is 0 Å². The molecule has 0 bridgehead atoms. The van der Waals surface area contributed by atoms with E-state index in [0.29, 0.717) is 12.2 Å². The van der Waals surface area contributed by atoms with Gasteiger partial charge in [-0.1, -0.05) is 37.3 Å². The molecule has 1 aromatic carbocycles. The van der Waals surface area contributed by atoms with E-state index in [1.807, 2.05) is 44.2 Å². The van der Waals surface area contributed by atoms with Crippen LogP contribution in [0.4, 0.5) is 0 Å². The van der Waals surface area contributed by atoms with Crippen LogP contribution in [0, 0.1) is 5.92 Å². The fourth-order valence-electron chi connectivity index (χ4n) is 2.06. The molecule has 0 aromatic heterocycles. The van der Waals surface area contributed by atoms with Crippen molar-refractivity contribution in [2.24, 2.45) is 5.92 Å². The van der Waals surface area contributed by atoms with Gasteiger partial charge in [0, 0.05) is 12.3 Å². The average molecular weight is 204 g/mol. The first kappa shape index (κ1) is 10.4. The Balaban J connectivity index is 2.24. The summed E-state index contributed by atoms with van der Waals surface area (Å²) in [7, 11) is 0. The quantitative estimate of drug-likeness (QED) is 0.703. The fourth-order valence-corrected chi connectivity index (χ4v) is 2.06. The number of ketones is 1. The van der Waals surface area contributed by atoms with Crippen LogP contribution in [-0.4, -0.2) is 11.9 Å². The molecule has 1 aliphatic rings. The largest absolute Gasteiger partial charge is 0.369 e. The summed E-state index contributed by atoms with van der Waals surface area (Å²) >= 11 is 0. The molecule has 2 heteroatoms. The maximum Gasteiger partial charge on any atom is 0.141 e. The lowest BCUT2D eigenvalue weighted by Gasteiger charge is -2.32. The molecule has 1 aliphatic heterocycles. The van der Waals surface area contributed by atoms with Gasteiger partial charge in [-0.05, 0) is 12.5 Å². The van der Waals surface area contributed by atoms with Crippen molar-refractivity contribution in [3.63, 3.8) is 0 Å². The Morgan fingerprint density at radius 1 is 1.20 bits per heavy atom. The third-order valence-corrected chi connectivity index (χ3v) is 2.96. The zero-order chi connectivity index (χ0) is 10.8. The van der Waals surface area contributed by atoms with Crippen LogP contribution in [0.1, 0.15) is 31.9 Å². The van der Waals surface area contributed by atoms with E-state index in [0.717, 1.165) is 5.56 Å². The molecule has 2 nitrogen and oxygen atoms in total. The molecule has 3 atom stereocenters. The van der Waals surface area contributed by atoms with Gasteiger partial charge in [0.1, 0.15) is 5.78 Å². The number of hydrogen-bond donors (Lipinski definition) is 0. The molecule has 2 unspecified atom stereocenters. The van der Waals surface area contributed by atoms with E-state index in [1.54, 1.807) is 0 Å². The number of carbonyl (C=O) groups excluding carboxylic acids is 1. The highest BCUT2D eigenvalue weighted by atomic mass is 16.5. The maximum atomic E-state index is 11.7. The molecule has 80 valence electrons. The van der Waals surface area contributed by atoms with Gasteiger partial charge in [0.05, 0.1) is 12.2 Å². The van der Waals surface area contributed by atoms with Gasteiger partial charge in [0.15, 0.2) is 0 Å². The SMILES string of the molecule is CC1CC(=O)C(C)[C@H](c2ccccc2)O1. The first-order valence-corrected chi connectivity index (χ1v) is 5.41. The molecule has 1 fully saturated rings. The molecule has 1 aromatic rings. The van der Waals surface area contributed by atoms with Gasteiger partial charge in [-0.15, -0.1) is 0 Å². The molecule has 0 amide bonds. The number of hydrogen-bond acceptors (Lipinski definition) is 2. The van der Waals surface area contributed by atoms with Crippen molar-refractivity contribution in [2.45, 2.75) is 32.5 Å². The summed E-state index contributed by atoms with van der Waals surface area (Å²) in [5.74, 6) is 0.284. The smallest absolute Gasteiger partial charge is 0.141 e. The van der Waals surface area contributed by atoms with E-state index in [9.17, 15) is 4.79 Å². The number of carbonyl (C=O) groups is 1. The molecule has 0 aliphatic carbocycles. The maximum absolute atomic E-state index is 11.7. The molecule has 0 N–H and O–H groups in total. The Labute approximate surface area is 90.3 Å². The second kappa shape index (κ2) is 4.15. The normalized spacial score (nSPS) is 31.6. The van der Waals surface area contributed by atoms with Crippen molar-refractivity contribution in [3.05, 3.63) is 35.9 Å². The lowest BCUT2D eigenvalue weighted by molar-refractivity contribution is -0.143. The standard InChI is InChI=1S/C13H16O2/c1-9-8-12(14)10(2)13(15-9)11-6-4-3-5-7-11/h3-7,9-10,13H,8H2,1-2H3/t9?,10?,13-/m1/s1. The van der Waals surface area contributed by atoms with Crippen LogP contribution in [0.3, 0.4) is 0 Å². The highest BCUT2D eigenvalue weighted by molar-refractivity contribution is 5.82. The Kier molecular flexibility index (Phi) is 2.87. The van der Waals surface area contributed by atoms with Gasteiger partial charge in [0.25, 0.3) is 0 Å². The molecule has 2 rings (SSSR count). The predicted octanol–water partition coefficient (Wildman–Crippen LogP) is 2.74. The third-order valence-electron chi connectivity index (χ3n) is 2.96. The van der Waals surface area contributed by atoms with Crippen LogP contribution in [0.25, 0.3) is 0 Å². The summed E-state index contributed by atoms with van der Waals surface area (Å²) in [6.07, 6.45) is 0.520. The predicted molar refractivity (Wildman–Crippen MR) is 58.5 cm³/mol. The lowest BCUT2D eigenvalue weighted by Crippen LogP contribution is -2.33. The lowest BCUT2D eigenvalue weighted by atomic mass is 9.88. The number of Topliss-reactive ketones (excluding diaryl/α,β-unsaturated/α-hetero) is 1. The van der Waals surface area contributed by atoms with E-state index in [1.165, 1.54) is 0 Å². The summed E-state index contributed by atoms with van der Waals surface area (Å²) in [6, 6.07) is 9.98. The van der Waals surface area contributed by atoms with Crippen molar-refractivity contribution in [1.29, 1.82) is 0 Å². The Morgan fingerprint density at radius 2 is 1.87 bits per heavy atom. The number of ether oxygens (including phenoxy) is 1. The van der Waals surface area contributed by atoms with Crippen LogP contribution >= 0.6 is 0 Å². The fraction of sp³-hybridized carbons (Fsp3) is 0.462. The van der Waals surface area contributed by atoms with Gasteiger partial charge in [0.2, 0.25) is 0 Å². The molecule has 15 heavy (non-hydrogen) atoms. The zero-order valence-corrected chi connectivity index (χ0v) is 9.14. The second-order valence-corrected chi connectivity index (χ2v) is 4.24. The first-order valence-electron chi connectivity index (χ1n) is 5.41. The second-order valence-electron chi connectivity index (χ2n) is 4.24. The summed E-state index contributed by atoms with van der Waals surface area (Å²) in [6.45, 7) is 3.91. The molecule has 1 saturated heterocycles. The van der Waals surface area contributed by atoms with Crippen molar-refractivity contribution in [3.8, 4) is 0 Å². The minimum absolute atomic E-state index is 0.0244. The van der Waals surface area contributed by atoms with Crippen LogP contribution in [-0.2, 0) is 9.53 Å². The number of benzene rings is 1. The van der Waals surface area contributed by atoms with E-state index in [-0.39, 0.29) is 18.1 Å². The summed E-state index contributed by atoms with van der Waals surface area (Å²) in [5.41, 5.74) is 1.10. The Hall–Kier alpha value is -1.15. The van der Waals surface area contributed by atoms with Gasteiger partial charge in [-0.3, -0.25) is 4.79 Å². The van der Waals surface area contributed by atoms with Gasteiger partial charge >= 0.3 is 0 Å². The number of rotatable bonds is 1. The van der Waals surface area contributed by atoms with E-state index in [4.69, 9.17) is 4.74 Å². The Morgan fingerprint density at radius 3 is 2.53 bits per heavy atom. The Bertz CT molecular complexity index is 345. The first-order chi connectivity index (χ1) is 7.18. The highest BCUT2D eigenvalue weighted by Gasteiger charge is 2.33. The minimum Gasteiger partial charge on any atom is -0.369 e. The van der Waals surface area contributed by atoms with Crippen molar-refractivity contribution in [2.75, 3.05) is 0 Å². The topological polar surface area (TPSA) is 26.3 Å². The van der Waals surface area contributed by atoms with E-state index >= 15 is 0 Å². The highest BCUT2D eigenvalue weighted by Crippen LogP contribution is 2.33. The molecular weight excluding hydrogens is 188 g/mol. The summed E-state index contributed by atoms with van der Waals surface area (Å²) < 4.78 is 5.83. The van der Waals surface area contributed by atoms with Crippen LogP contribution in [0.15, 0.2) is 30.3 Å². The molecule has 0 spiro atoms. The minimum atomic E-state index is -0.0672. The molecular formula is C13H16O2. The van der Waals surface area contributed by atoms with E-state index in [2.05, 4.69) is 0 Å². The molecule has 0 radical (unpaired) electrons. The molecule has 1 heterocycles. The van der Waals surface area contributed by atoms with Crippen molar-refractivity contribution in [1.82, 2.24) is 0 Å². The van der Waals surface area contributed by atoms with Crippen molar-refractivity contribution >= 4 is 5.78 Å². The van der Waals surface area contributed by atoms with Gasteiger partial charge in [-0.25, -0.2) is 0 Å². The summed E-state index contributed by atoms with van der Waals surface area (Å²) in [4.78, 5) is 11.7. The summed E-state index contributed by atoms with van der Waals surface area (Å²) in [5, 5.41) is 0. The van der Waals surface area contributed by atoms with Gasteiger partial charge < -0.3 is 4.74 Å². The van der Waals surface area contributed by atoms with Crippen LogP contribution in [0.2, 0.25) is 0 Å². The van der Waals surface area contributed by atoms with E-state index < -0.39 is 0 Å². The third kappa shape index (κ3) is 2.10. The molecule has 0 saturated carbocycles. The average Bonchev–Trinajstić information content (AvgIpc) is 2.24. The van der Waals surface area contributed by atoms with Crippen LogP contribution in [0.5, 0.6) is 0 Å². The van der Waals surface area contributed by atoms with Crippen molar-refractivity contribution < 1.29 is 9.53 Å². The monoisotopic (exact) mass is 204 g/mol.